The summed E-state index contributed by atoms with van der Waals surface area (Å²) in [6.07, 6.45) is 0. The van der Waals surface area contributed by atoms with E-state index in [1.165, 1.54) is 16.3 Å². The minimum atomic E-state index is 0.156. The monoisotopic (exact) mass is 243 g/mol. The van der Waals surface area contributed by atoms with E-state index < -0.39 is 0 Å². The Morgan fingerprint density at radius 1 is 1.06 bits per heavy atom. The van der Waals surface area contributed by atoms with E-state index >= 15 is 0 Å². The molecule has 0 heterocycles. The second kappa shape index (κ2) is 5.98. The first-order valence-electron chi connectivity index (χ1n) is 6.53. The summed E-state index contributed by atoms with van der Waals surface area (Å²) in [5.74, 6) is 0.435. The van der Waals surface area contributed by atoms with Crippen LogP contribution in [0.25, 0.3) is 10.8 Å². The van der Waals surface area contributed by atoms with Crippen molar-refractivity contribution in [1.82, 2.24) is 5.32 Å². The summed E-state index contributed by atoms with van der Waals surface area (Å²) in [5, 5.41) is 15.3. The zero-order chi connectivity index (χ0) is 13.0. The highest BCUT2D eigenvalue weighted by Crippen LogP contribution is 2.18. The van der Waals surface area contributed by atoms with Gasteiger partial charge in [0.05, 0.1) is 6.61 Å². The fourth-order valence-corrected chi connectivity index (χ4v) is 2.20. The molecule has 0 aliphatic rings. The maximum atomic E-state index is 9.33. The molecule has 2 heteroatoms. The summed E-state index contributed by atoms with van der Waals surface area (Å²) in [5.41, 5.74) is 1.28. The lowest BCUT2D eigenvalue weighted by molar-refractivity contribution is 0.210. The van der Waals surface area contributed by atoms with Gasteiger partial charge in [0.2, 0.25) is 0 Å². The minimum absolute atomic E-state index is 0.156. The van der Waals surface area contributed by atoms with E-state index in [0.717, 1.165) is 6.54 Å². The van der Waals surface area contributed by atoms with Crippen LogP contribution in [-0.2, 0) is 6.54 Å². The Hall–Kier alpha value is -1.38. The van der Waals surface area contributed by atoms with E-state index in [2.05, 4.69) is 61.6 Å². The predicted molar refractivity (Wildman–Crippen MR) is 76.5 cm³/mol. The van der Waals surface area contributed by atoms with Crippen LogP contribution in [0.3, 0.4) is 0 Å². The van der Waals surface area contributed by atoms with Gasteiger partial charge in [-0.25, -0.2) is 0 Å². The van der Waals surface area contributed by atoms with Crippen molar-refractivity contribution in [2.45, 2.75) is 26.4 Å². The topological polar surface area (TPSA) is 32.3 Å². The molecule has 2 aromatic rings. The number of hydrogen-bond donors (Lipinski definition) is 2. The number of nitrogens with one attached hydrogen (secondary N) is 1. The summed E-state index contributed by atoms with van der Waals surface area (Å²) in [6.45, 7) is 5.22. The van der Waals surface area contributed by atoms with E-state index in [0.29, 0.717) is 5.92 Å². The van der Waals surface area contributed by atoms with Crippen LogP contribution in [-0.4, -0.2) is 17.8 Å². The van der Waals surface area contributed by atoms with Crippen molar-refractivity contribution in [3.8, 4) is 0 Å². The molecule has 1 unspecified atom stereocenters. The van der Waals surface area contributed by atoms with Crippen LogP contribution in [0, 0.1) is 5.92 Å². The van der Waals surface area contributed by atoms with Crippen molar-refractivity contribution in [3.63, 3.8) is 0 Å². The standard InChI is InChI=1S/C16H21NO/c1-12(2)16(11-18)17-10-14-8-5-7-13-6-3-4-9-15(13)14/h3-9,12,16-18H,10-11H2,1-2H3. The fraction of sp³-hybridized carbons (Fsp3) is 0.375. The largest absolute Gasteiger partial charge is 0.395 e. The SMILES string of the molecule is CC(C)C(CO)NCc1cccc2ccccc12. The number of hydrogen-bond acceptors (Lipinski definition) is 2. The predicted octanol–water partition coefficient (Wildman–Crippen LogP) is 2.95. The molecule has 1 atom stereocenters. The Morgan fingerprint density at radius 2 is 1.78 bits per heavy atom. The van der Waals surface area contributed by atoms with Crippen LogP contribution in [0.4, 0.5) is 0 Å². The molecule has 18 heavy (non-hydrogen) atoms. The molecular weight excluding hydrogens is 222 g/mol. The summed E-state index contributed by atoms with van der Waals surface area (Å²) in [6, 6.07) is 14.9. The molecule has 0 aliphatic carbocycles. The van der Waals surface area contributed by atoms with Gasteiger partial charge in [0.15, 0.2) is 0 Å². The van der Waals surface area contributed by atoms with Gasteiger partial charge >= 0.3 is 0 Å². The molecule has 0 bridgehead atoms. The van der Waals surface area contributed by atoms with Crippen LogP contribution in [0.1, 0.15) is 19.4 Å². The molecule has 0 saturated heterocycles. The summed E-state index contributed by atoms with van der Waals surface area (Å²) in [4.78, 5) is 0. The molecule has 0 spiro atoms. The summed E-state index contributed by atoms with van der Waals surface area (Å²) >= 11 is 0. The van der Waals surface area contributed by atoms with Gasteiger partial charge in [0.1, 0.15) is 0 Å². The van der Waals surface area contributed by atoms with Crippen LogP contribution in [0.5, 0.6) is 0 Å². The van der Waals surface area contributed by atoms with Gasteiger partial charge in [-0.3, -0.25) is 0 Å². The number of fused-ring (bicyclic) bond motifs is 1. The number of benzene rings is 2. The first kappa shape index (κ1) is 13.1. The van der Waals surface area contributed by atoms with E-state index in [9.17, 15) is 5.11 Å². The lowest BCUT2D eigenvalue weighted by Crippen LogP contribution is -2.36. The number of rotatable bonds is 5. The van der Waals surface area contributed by atoms with Gasteiger partial charge in [-0.05, 0) is 22.3 Å². The third kappa shape index (κ3) is 2.89. The molecule has 0 radical (unpaired) electrons. The van der Waals surface area contributed by atoms with Crippen LogP contribution >= 0.6 is 0 Å². The van der Waals surface area contributed by atoms with Crippen molar-refractivity contribution in [2.75, 3.05) is 6.61 Å². The zero-order valence-electron chi connectivity index (χ0n) is 11.1. The van der Waals surface area contributed by atoms with Crippen molar-refractivity contribution in [2.24, 2.45) is 5.92 Å². The lowest BCUT2D eigenvalue weighted by Gasteiger charge is -2.20. The molecule has 2 nitrogen and oxygen atoms in total. The first-order valence-corrected chi connectivity index (χ1v) is 6.53. The van der Waals surface area contributed by atoms with Crippen LogP contribution < -0.4 is 5.32 Å². The van der Waals surface area contributed by atoms with Gasteiger partial charge < -0.3 is 10.4 Å². The summed E-state index contributed by atoms with van der Waals surface area (Å²) < 4.78 is 0. The highest BCUT2D eigenvalue weighted by Gasteiger charge is 2.11. The smallest absolute Gasteiger partial charge is 0.0587 e. The van der Waals surface area contributed by atoms with Gasteiger partial charge in [-0.15, -0.1) is 0 Å². The first-order chi connectivity index (χ1) is 8.72. The van der Waals surface area contributed by atoms with Crippen LogP contribution in [0.2, 0.25) is 0 Å². The van der Waals surface area contributed by atoms with Crippen molar-refractivity contribution >= 4 is 10.8 Å². The molecule has 0 saturated carbocycles. The number of aliphatic hydroxyl groups is 1. The van der Waals surface area contributed by atoms with Crippen molar-refractivity contribution < 1.29 is 5.11 Å². The Balaban J connectivity index is 2.17. The van der Waals surface area contributed by atoms with Gasteiger partial charge in [0.25, 0.3) is 0 Å². The van der Waals surface area contributed by atoms with Gasteiger partial charge in [0, 0.05) is 12.6 Å². The average molecular weight is 243 g/mol. The van der Waals surface area contributed by atoms with E-state index in [1.54, 1.807) is 0 Å². The van der Waals surface area contributed by atoms with E-state index in [4.69, 9.17) is 0 Å². The number of aliphatic hydroxyl groups excluding tert-OH is 1. The second-order valence-electron chi connectivity index (χ2n) is 5.05. The van der Waals surface area contributed by atoms with Crippen LogP contribution in [0.15, 0.2) is 42.5 Å². The normalized spacial score (nSPS) is 13.1. The highest BCUT2D eigenvalue weighted by molar-refractivity contribution is 5.85. The molecule has 96 valence electrons. The third-order valence-corrected chi connectivity index (χ3v) is 3.44. The fourth-order valence-electron chi connectivity index (χ4n) is 2.20. The third-order valence-electron chi connectivity index (χ3n) is 3.44. The molecular formula is C16H21NO. The minimum Gasteiger partial charge on any atom is -0.395 e. The maximum absolute atomic E-state index is 9.33. The van der Waals surface area contributed by atoms with Crippen molar-refractivity contribution in [1.29, 1.82) is 0 Å². The Labute approximate surface area is 109 Å². The molecule has 0 aromatic heterocycles. The van der Waals surface area contributed by atoms with Gasteiger partial charge in [-0.2, -0.15) is 0 Å². The molecule has 2 rings (SSSR count). The Bertz CT molecular complexity index is 502. The molecule has 2 N–H and O–H groups in total. The van der Waals surface area contributed by atoms with E-state index in [-0.39, 0.29) is 12.6 Å². The Kier molecular flexibility index (Phi) is 4.34. The van der Waals surface area contributed by atoms with E-state index in [1.807, 2.05) is 0 Å². The highest BCUT2D eigenvalue weighted by atomic mass is 16.3. The summed E-state index contributed by atoms with van der Waals surface area (Å²) in [7, 11) is 0. The second-order valence-corrected chi connectivity index (χ2v) is 5.05. The zero-order valence-corrected chi connectivity index (χ0v) is 11.1. The lowest BCUT2D eigenvalue weighted by atomic mass is 10.0. The molecule has 0 fully saturated rings. The molecule has 0 amide bonds. The molecule has 0 aliphatic heterocycles. The molecule has 2 aromatic carbocycles. The maximum Gasteiger partial charge on any atom is 0.0587 e. The average Bonchev–Trinajstić information content (AvgIpc) is 2.39. The van der Waals surface area contributed by atoms with Crippen molar-refractivity contribution in [3.05, 3.63) is 48.0 Å². The van der Waals surface area contributed by atoms with Gasteiger partial charge in [-0.1, -0.05) is 56.3 Å². The Morgan fingerprint density at radius 3 is 2.50 bits per heavy atom. The quantitative estimate of drug-likeness (QED) is 0.846.